The summed E-state index contributed by atoms with van der Waals surface area (Å²) in [7, 11) is -3.89. The van der Waals surface area contributed by atoms with Crippen molar-refractivity contribution >= 4 is 20.9 Å². The summed E-state index contributed by atoms with van der Waals surface area (Å²) in [5.41, 5.74) is -0.184. The quantitative estimate of drug-likeness (QED) is 0.725. The summed E-state index contributed by atoms with van der Waals surface area (Å²) >= 11 is 0. The Bertz CT molecular complexity index is 928. The molecule has 100 valence electrons. The van der Waals surface area contributed by atoms with Crippen LogP contribution in [0.2, 0.25) is 0 Å². The molecule has 20 heavy (non-hydrogen) atoms. The van der Waals surface area contributed by atoms with Crippen molar-refractivity contribution in [3.05, 3.63) is 77.1 Å². The molecule has 5 heteroatoms. The molecule has 0 atom stereocenters. The third-order valence-electron chi connectivity index (χ3n) is 3.04. The maximum Gasteiger partial charge on any atom is 0.271 e. The maximum absolute atomic E-state index is 12.6. The number of pyridine rings is 1. The van der Waals surface area contributed by atoms with Crippen LogP contribution in [0.3, 0.4) is 0 Å². The van der Waals surface area contributed by atoms with Gasteiger partial charge in [0.25, 0.3) is 15.6 Å². The fourth-order valence-electron chi connectivity index (χ4n) is 2.11. The van der Waals surface area contributed by atoms with Gasteiger partial charge in [-0.25, -0.2) is 8.42 Å². The fourth-order valence-corrected chi connectivity index (χ4v) is 3.54. The van der Waals surface area contributed by atoms with Crippen molar-refractivity contribution in [1.29, 1.82) is 0 Å². The summed E-state index contributed by atoms with van der Waals surface area (Å²) in [6, 6.07) is 17.7. The van der Waals surface area contributed by atoms with E-state index in [0.29, 0.717) is 10.9 Å². The van der Waals surface area contributed by atoms with Crippen LogP contribution in [0, 0.1) is 0 Å². The van der Waals surface area contributed by atoms with Gasteiger partial charge in [-0.15, -0.1) is 0 Å². The van der Waals surface area contributed by atoms with Crippen LogP contribution in [0.1, 0.15) is 0 Å². The first-order valence-electron chi connectivity index (χ1n) is 6.02. The van der Waals surface area contributed by atoms with E-state index in [4.69, 9.17) is 0 Å². The molecule has 0 N–H and O–H groups in total. The van der Waals surface area contributed by atoms with E-state index < -0.39 is 15.6 Å². The minimum absolute atomic E-state index is 0.0958. The molecule has 0 saturated heterocycles. The van der Waals surface area contributed by atoms with Crippen molar-refractivity contribution in [1.82, 2.24) is 3.97 Å². The number of hydrogen-bond donors (Lipinski definition) is 0. The van der Waals surface area contributed by atoms with Crippen LogP contribution in [0.4, 0.5) is 0 Å². The second-order valence-electron chi connectivity index (χ2n) is 4.31. The zero-order chi connectivity index (χ0) is 14.2. The summed E-state index contributed by atoms with van der Waals surface area (Å²) in [5.74, 6) is 0. The molecule has 0 fully saturated rings. The molecule has 3 rings (SSSR count). The lowest BCUT2D eigenvalue weighted by Crippen LogP contribution is -2.27. The zero-order valence-electron chi connectivity index (χ0n) is 10.4. The molecule has 0 bridgehead atoms. The SMILES string of the molecule is O=c1ccc2ccccc2n1S(=O)(=O)c1ccccc1. The Morgan fingerprint density at radius 1 is 0.750 bits per heavy atom. The van der Waals surface area contributed by atoms with Gasteiger partial charge < -0.3 is 0 Å². The summed E-state index contributed by atoms with van der Waals surface area (Å²) in [4.78, 5) is 12.1. The highest BCUT2D eigenvalue weighted by Gasteiger charge is 2.19. The molecule has 0 aliphatic heterocycles. The molecule has 0 radical (unpaired) electrons. The lowest BCUT2D eigenvalue weighted by atomic mass is 10.2. The van der Waals surface area contributed by atoms with Crippen molar-refractivity contribution in [2.24, 2.45) is 0 Å². The molecule has 0 saturated carbocycles. The Labute approximate surface area is 116 Å². The average molecular weight is 285 g/mol. The van der Waals surface area contributed by atoms with Crippen LogP contribution in [0.25, 0.3) is 10.9 Å². The maximum atomic E-state index is 12.6. The van der Waals surface area contributed by atoms with Crippen LogP contribution < -0.4 is 5.56 Å². The molecule has 2 aromatic carbocycles. The molecule has 0 aliphatic carbocycles. The number of para-hydroxylation sites is 1. The van der Waals surface area contributed by atoms with E-state index in [-0.39, 0.29) is 4.90 Å². The van der Waals surface area contributed by atoms with Gasteiger partial charge in [0.15, 0.2) is 0 Å². The first kappa shape index (κ1) is 12.6. The second kappa shape index (κ2) is 4.61. The molecule has 4 nitrogen and oxygen atoms in total. The molecular formula is C15H11NO3S. The highest BCUT2D eigenvalue weighted by atomic mass is 32.2. The van der Waals surface area contributed by atoms with E-state index in [9.17, 15) is 13.2 Å². The number of benzene rings is 2. The van der Waals surface area contributed by atoms with Gasteiger partial charge in [-0.05, 0) is 29.7 Å². The van der Waals surface area contributed by atoms with Gasteiger partial charge in [0, 0.05) is 6.07 Å². The molecule has 0 amide bonds. The van der Waals surface area contributed by atoms with Gasteiger partial charge in [-0.2, -0.15) is 3.97 Å². The summed E-state index contributed by atoms with van der Waals surface area (Å²) < 4.78 is 26.1. The number of hydrogen-bond acceptors (Lipinski definition) is 3. The monoisotopic (exact) mass is 285 g/mol. The molecule has 0 aliphatic rings. The van der Waals surface area contributed by atoms with Crippen molar-refractivity contribution < 1.29 is 8.42 Å². The van der Waals surface area contributed by atoms with Crippen LogP contribution in [0.5, 0.6) is 0 Å². The fraction of sp³-hybridized carbons (Fsp3) is 0. The zero-order valence-corrected chi connectivity index (χ0v) is 11.2. The van der Waals surface area contributed by atoms with E-state index in [0.717, 1.165) is 3.97 Å². The minimum Gasteiger partial charge on any atom is -0.268 e. The lowest BCUT2D eigenvalue weighted by molar-refractivity contribution is 0.587. The molecule has 0 spiro atoms. The van der Waals surface area contributed by atoms with E-state index in [1.165, 1.54) is 18.2 Å². The molecule has 1 aromatic heterocycles. The van der Waals surface area contributed by atoms with E-state index in [1.54, 1.807) is 48.5 Å². The number of fused-ring (bicyclic) bond motifs is 1. The van der Waals surface area contributed by atoms with E-state index in [1.807, 2.05) is 0 Å². The Kier molecular flexibility index (Phi) is 2.91. The Hall–Kier alpha value is -2.40. The highest BCUT2D eigenvalue weighted by Crippen LogP contribution is 2.17. The van der Waals surface area contributed by atoms with Crippen LogP contribution >= 0.6 is 0 Å². The van der Waals surface area contributed by atoms with E-state index >= 15 is 0 Å². The number of aromatic nitrogens is 1. The van der Waals surface area contributed by atoms with E-state index in [2.05, 4.69) is 0 Å². The van der Waals surface area contributed by atoms with Gasteiger partial charge in [0.05, 0.1) is 10.4 Å². The molecule has 0 unspecified atom stereocenters. The van der Waals surface area contributed by atoms with Crippen molar-refractivity contribution in [3.63, 3.8) is 0 Å². The normalized spacial score (nSPS) is 11.6. The number of nitrogens with zero attached hydrogens (tertiary/aromatic N) is 1. The lowest BCUT2D eigenvalue weighted by Gasteiger charge is -2.10. The predicted octanol–water partition coefficient (Wildman–Crippen LogP) is 2.24. The minimum atomic E-state index is -3.89. The van der Waals surface area contributed by atoms with Crippen LogP contribution in [0.15, 0.2) is 76.4 Å². The predicted molar refractivity (Wildman–Crippen MR) is 77.2 cm³/mol. The average Bonchev–Trinajstić information content (AvgIpc) is 2.47. The summed E-state index contributed by atoms with van der Waals surface area (Å²) in [6.45, 7) is 0. The van der Waals surface area contributed by atoms with Gasteiger partial charge in [-0.1, -0.05) is 36.4 Å². The van der Waals surface area contributed by atoms with Crippen LogP contribution in [-0.4, -0.2) is 12.4 Å². The van der Waals surface area contributed by atoms with Gasteiger partial charge in [-0.3, -0.25) is 4.79 Å². The van der Waals surface area contributed by atoms with Crippen molar-refractivity contribution in [3.8, 4) is 0 Å². The molecule has 1 heterocycles. The Morgan fingerprint density at radius 3 is 2.15 bits per heavy atom. The summed E-state index contributed by atoms with van der Waals surface area (Å²) in [5, 5.41) is 0.701. The highest BCUT2D eigenvalue weighted by molar-refractivity contribution is 7.90. The van der Waals surface area contributed by atoms with Gasteiger partial charge in [0.1, 0.15) is 0 Å². The molecular weight excluding hydrogens is 274 g/mol. The summed E-state index contributed by atoms with van der Waals surface area (Å²) in [6.07, 6.45) is 0. The third kappa shape index (κ3) is 1.92. The van der Waals surface area contributed by atoms with Crippen LogP contribution in [-0.2, 0) is 10.0 Å². The van der Waals surface area contributed by atoms with Gasteiger partial charge >= 0.3 is 0 Å². The second-order valence-corrected chi connectivity index (χ2v) is 6.10. The number of rotatable bonds is 2. The topological polar surface area (TPSA) is 56.1 Å². The largest absolute Gasteiger partial charge is 0.271 e. The smallest absolute Gasteiger partial charge is 0.268 e. The third-order valence-corrected chi connectivity index (χ3v) is 4.77. The molecule has 3 aromatic rings. The standard InChI is InChI=1S/C15H11NO3S/c17-15-11-10-12-6-4-5-9-14(12)16(15)20(18,19)13-7-2-1-3-8-13/h1-11H. The van der Waals surface area contributed by atoms with Crippen molar-refractivity contribution in [2.75, 3.05) is 0 Å². The van der Waals surface area contributed by atoms with Gasteiger partial charge in [0.2, 0.25) is 0 Å². The van der Waals surface area contributed by atoms with Crippen molar-refractivity contribution in [2.45, 2.75) is 4.90 Å². The first-order chi connectivity index (χ1) is 9.60. The first-order valence-corrected chi connectivity index (χ1v) is 7.46. The Balaban J connectivity index is 2.41. The Morgan fingerprint density at radius 2 is 1.40 bits per heavy atom.